The van der Waals surface area contributed by atoms with Crippen molar-refractivity contribution in [3.8, 4) is 11.5 Å². The van der Waals surface area contributed by atoms with Gasteiger partial charge in [-0.1, -0.05) is 6.07 Å². The third-order valence-electron chi connectivity index (χ3n) is 2.57. The van der Waals surface area contributed by atoms with E-state index in [1.807, 2.05) is 18.2 Å². The maximum absolute atomic E-state index is 11.4. The molecule has 17 heavy (non-hydrogen) atoms. The van der Waals surface area contributed by atoms with E-state index in [-0.39, 0.29) is 19.0 Å². The molecule has 2 heterocycles. The topological polar surface area (TPSA) is 56.8 Å². The third-order valence-corrected chi connectivity index (χ3v) is 2.57. The van der Waals surface area contributed by atoms with Gasteiger partial charge in [0.25, 0.3) is 0 Å². The number of hydrogen-bond acceptors (Lipinski definition) is 5. The van der Waals surface area contributed by atoms with Gasteiger partial charge in [0.1, 0.15) is 5.70 Å². The van der Waals surface area contributed by atoms with Crippen LogP contribution in [-0.4, -0.2) is 19.0 Å². The summed E-state index contributed by atoms with van der Waals surface area (Å²) in [5.74, 6) is 1.08. The summed E-state index contributed by atoms with van der Waals surface area (Å²) in [6.45, 7) is 2.02. The van der Waals surface area contributed by atoms with Crippen LogP contribution < -0.4 is 14.8 Å². The molecule has 1 atom stereocenters. The monoisotopic (exact) mass is 233 g/mol. The number of hydrogen-bond donors (Lipinski definition) is 1. The fraction of sp³-hybridized carbons (Fsp3) is 0.250. The van der Waals surface area contributed by atoms with Gasteiger partial charge in [-0.3, -0.25) is 0 Å². The number of fused-ring (bicyclic) bond motifs is 1. The molecule has 2 aliphatic rings. The summed E-state index contributed by atoms with van der Waals surface area (Å²) < 4.78 is 15.4. The molecule has 0 aromatic heterocycles. The second kappa shape index (κ2) is 3.69. The predicted octanol–water partition coefficient (Wildman–Crippen LogP) is 1.25. The van der Waals surface area contributed by atoms with E-state index in [9.17, 15) is 4.79 Å². The number of rotatable bonds is 1. The Morgan fingerprint density at radius 2 is 2.18 bits per heavy atom. The Morgan fingerprint density at radius 3 is 2.94 bits per heavy atom. The zero-order valence-electron chi connectivity index (χ0n) is 9.23. The molecule has 88 valence electrons. The second-order valence-corrected chi connectivity index (χ2v) is 3.86. The molecule has 0 saturated carbocycles. The van der Waals surface area contributed by atoms with Crippen LogP contribution in [0, 0.1) is 0 Å². The van der Waals surface area contributed by atoms with Gasteiger partial charge in [0.2, 0.25) is 6.79 Å². The van der Waals surface area contributed by atoms with Crippen LogP contribution >= 0.6 is 0 Å². The average molecular weight is 233 g/mol. The Balaban J connectivity index is 1.90. The van der Waals surface area contributed by atoms with Gasteiger partial charge >= 0.3 is 5.97 Å². The van der Waals surface area contributed by atoms with E-state index < -0.39 is 0 Å². The first-order valence-electron chi connectivity index (χ1n) is 5.31. The lowest BCUT2D eigenvalue weighted by Crippen LogP contribution is -2.16. The molecule has 2 aliphatic heterocycles. The number of carbonyl (C=O) groups is 1. The minimum absolute atomic E-state index is 0.243. The van der Waals surface area contributed by atoms with Crippen molar-refractivity contribution in [2.45, 2.75) is 13.2 Å². The summed E-state index contributed by atoms with van der Waals surface area (Å²) in [6.07, 6.45) is 1.45. The first-order valence-corrected chi connectivity index (χ1v) is 5.31. The normalized spacial score (nSPS) is 23.7. The van der Waals surface area contributed by atoms with E-state index in [1.165, 1.54) is 0 Å². The van der Waals surface area contributed by atoms with Gasteiger partial charge in [0, 0.05) is 0 Å². The van der Waals surface area contributed by atoms with Crippen molar-refractivity contribution in [2.75, 3.05) is 6.79 Å². The van der Waals surface area contributed by atoms with Crippen LogP contribution in [-0.2, 0) is 9.53 Å². The van der Waals surface area contributed by atoms with E-state index in [1.54, 1.807) is 13.0 Å². The number of carbonyl (C=O) groups excluding carboxylic acids is 1. The molecular formula is C12H11NO4. The minimum Gasteiger partial charge on any atom is -0.454 e. The zero-order valence-corrected chi connectivity index (χ0v) is 9.23. The maximum Gasteiger partial charge on any atom is 0.356 e. The van der Waals surface area contributed by atoms with Crippen LogP contribution in [0.15, 0.2) is 23.9 Å². The number of nitrogens with one attached hydrogen (secondary N) is 1. The van der Waals surface area contributed by atoms with Crippen LogP contribution in [0.5, 0.6) is 11.5 Å². The molecule has 1 unspecified atom stereocenters. The SMILES string of the molecule is CC1N/C(=C\c2ccc3c(c2)OCO3)C(=O)O1. The van der Waals surface area contributed by atoms with E-state index in [0.717, 1.165) is 11.3 Å². The number of benzene rings is 1. The summed E-state index contributed by atoms with van der Waals surface area (Å²) in [5, 5.41) is 2.94. The number of cyclic esters (lactones) is 1. The maximum atomic E-state index is 11.4. The van der Waals surface area contributed by atoms with Crippen molar-refractivity contribution >= 4 is 12.0 Å². The average Bonchev–Trinajstić information content (AvgIpc) is 2.85. The Kier molecular flexibility index (Phi) is 2.18. The highest BCUT2D eigenvalue weighted by atomic mass is 16.7. The Bertz CT molecular complexity index is 509. The quantitative estimate of drug-likeness (QED) is 0.584. The highest BCUT2D eigenvalue weighted by Gasteiger charge is 2.24. The first-order chi connectivity index (χ1) is 8.22. The van der Waals surface area contributed by atoms with Crippen LogP contribution in [0.3, 0.4) is 0 Å². The van der Waals surface area contributed by atoms with Crippen LogP contribution in [0.4, 0.5) is 0 Å². The van der Waals surface area contributed by atoms with Crippen LogP contribution in [0.25, 0.3) is 6.08 Å². The molecule has 1 aromatic rings. The highest BCUT2D eigenvalue weighted by Crippen LogP contribution is 2.33. The standard InChI is InChI=1S/C12H11NO4/c1-7-13-9(12(14)17-7)4-8-2-3-10-11(5-8)16-6-15-10/h2-5,7,13H,6H2,1H3/b9-4-. The molecule has 0 aliphatic carbocycles. The van der Waals surface area contributed by atoms with Crippen molar-refractivity contribution in [1.29, 1.82) is 0 Å². The zero-order chi connectivity index (χ0) is 11.8. The van der Waals surface area contributed by atoms with E-state index in [0.29, 0.717) is 11.4 Å². The Labute approximate surface area is 98.0 Å². The summed E-state index contributed by atoms with van der Waals surface area (Å²) in [7, 11) is 0. The molecule has 1 aromatic carbocycles. The van der Waals surface area contributed by atoms with Gasteiger partial charge in [-0.25, -0.2) is 4.79 Å². The first kappa shape index (κ1) is 10.0. The molecule has 0 bridgehead atoms. The lowest BCUT2D eigenvalue weighted by molar-refractivity contribution is -0.138. The van der Waals surface area contributed by atoms with Gasteiger partial charge in [0.05, 0.1) is 0 Å². The molecule has 0 radical (unpaired) electrons. The summed E-state index contributed by atoms with van der Waals surface area (Å²) >= 11 is 0. The van der Waals surface area contributed by atoms with Crippen molar-refractivity contribution in [3.63, 3.8) is 0 Å². The van der Waals surface area contributed by atoms with Crippen molar-refractivity contribution in [2.24, 2.45) is 0 Å². The van der Waals surface area contributed by atoms with E-state index in [4.69, 9.17) is 14.2 Å². The fourth-order valence-corrected chi connectivity index (χ4v) is 1.80. The molecule has 5 heteroatoms. The van der Waals surface area contributed by atoms with Crippen molar-refractivity contribution in [3.05, 3.63) is 29.5 Å². The third kappa shape index (κ3) is 1.80. The Morgan fingerprint density at radius 1 is 1.35 bits per heavy atom. The summed E-state index contributed by atoms with van der Waals surface area (Å²) in [5.41, 5.74) is 1.32. The molecule has 5 nitrogen and oxygen atoms in total. The van der Waals surface area contributed by atoms with Gasteiger partial charge in [0.15, 0.2) is 17.7 Å². The molecule has 0 amide bonds. The second-order valence-electron chi connectivity index (χ2n) is 3.86. The molecule has 3 rings (SSSR count). The van der Waals surface area contributed by atoms with Gasteiger partial charge < -0.3 is 19.5 Å². The van der Waals surface area contributed by atoms with E-state index >= 15 is 0 Å². The lowest BCUT2D eigenvalue weighted by Gasteiger charge is -2.00. The fourth-order valence-electron chi connectivity index (χ4n) is 1.80. The van der Waals surface area contributed by atoms with Crippen molar-refractivity contribution < 1.29 is 19.0 Å². The van der Waals surface area contributed by atoms with Crippen LogP contribution in [0.1, 0.15) is 12.5 Å². The largest absolute Gasteiger partial charge is 0.454 e. The van der Waals surface area contributed by atoms with Gasteiger partial charge in [-0.2, -0.15) is 0 Å². The summed E-state index contributed by atoms with van der Waals surface area (Å²) in [4.78, 5) is 11.4. The minimum atomic E-state index is -0.338. The number of esters is 1. The van der Waals surface area contributed by atoms with Crippen LogP contribution in [0.2, 0.25) is 0 Å². The lowest BCUT2D eigenvalue weighted by atomic mass is 10.1. The summed E-state index contributed by atoms with van der Waals surface area (Å²) in [6, 6.07) is 5.50. The predicted molar refractivity (Wildman–Crippen MR) is 59.2 cm³/mol. The van der Waals surface area contributed by atoms with Gasteiger partial charge in [-0.05, 0) is 30.7 Å². The van der Waals surface area contributed by atoms with E-state index in [2.05, 4.69) is 5.32 Å². The molecule has 1 saturated heterocycles. The highest BCUT2D eigenvalue weighted by molar-refractivity contribution is 5.94. The molecule has 1 fully saturated rings. The Hall–Kier alpha value is -2.17. The number of ether oxygens (including phenoxy) is 3. The smallest absolute Gasteiger partial charge is 0.356 e. The molecule has 0 spiro atoms. The molecule has 1 N–H and O–H groups in total. The van der Waals surface area contributed by atoms with Gasteiger partial charge in [-0.15, -0.1) is 0 Å². The molecular weight excluding hydrogens is 222 g/mol. The van der Waals surface area contributed by atoms with Crippen molar-refractivity contribution in [1.82, 2.24) is 5.32 Å².